The third-order valence-corrected chi connectivity index (χ3v) is 2.36. The van der Waals surface area contributed by atoms with Gasteiger partial charge in [0.05, 0.1) is 6.10 Å². The van der Waals surface area contributed by atoms with Crippen LogP contribution in [0.5, 0.6) is 0 Å². The fourth-order valence-electron chi connectivity index (χ4n) is 1.63. The van der Waals surface area contributed by atoms with Gasteiger partial charge in [0.1, 0.15) is 0 Å². The molecule has 0 saturated carbocycles. The minimum absolute atomic E-state index is 0.279. The number of aliphatic hydroxyl groups excluding tert-OH is 1. The van der Waals surface area contributed by atoms with Crippen LogP contribution in [0.1, 0.15) is 24.5 Å². The van der Waals surface area contributed by atoms with E-state index in [1.165, 1.54) is 11.1 Å². The largest absolute Gasteiger partial charge is 0.391 e. The van der Waals surface area contributed by atoms with Crippen LogP contribution in [0.15, 0.2) is 24.3 Å². The van der Waals surface area contributed by atoms with E-state index in [9.17, 15) is 5.11 Å². The summed E-state index contributed by atoms with van der Waals surface area (Å²) in [7, 11) is 0. The van der Waals surface area contributed by atoms with Gasteiger partial charge in [-0.3, -0.25) is 0 Å². The normalized spacial score (nSPS) is 12.7. The van der Waals surface area contributed by atoms with Gasteiger partial charge in [-0.1, -0.05) is 36.8 Å². The number of rotatable bonds is 6. The fraction of sp³-hybridized carbons (Fsp3) is 0.538. The van der Waals surface area contributed by atoms with Crippen molar-refractivity contribution in [2.45, 2.75) is 32.8 Å². The Kier molecular flexibility index (Phi) is 5.37. The summed E-state index contributed by atoms with van der Waals surface area (Å²) < 4.78 is 0. The van der Waals surface area contributed by atoms with Crippen molar-refractivity contribution < 1.29 is 5.11 Å². The van der Waals surface area contributed by atoms with E-state index in [4.69, 9.17) is 0 Å². The first-order chi connectivity index (χ1) is 7.22. The van der Waals surface area contributed by atoms with E-state index < -0.39 is 0 Å². The molecule has 2 heteroatoms. The number of aryl methyl sites for hydroxylation is 1. The molecule has 1 rings (SSSR count). The predicted molar refractivity (Wildman–Crippen MR) is 64.1 cm³/mol. The van der Waals surface area contributed by atoms with Gasteiger partial charge in [0.25, 0.3) is 0 Å². The van der Waals surface area contributed by atoms with E-state index in [-0.39, 0.29) is 6.10 Å². The van der Waals surface area contributed by atoms with Gasteiger partial charge in [-0.15, -0.1) is 0 Å². The molecule has 0 saturated heterocycles. The van der Waals surface area contributed by atoms with Crippen LogP contribution in [0.3, 0.4) is 0 Å². The summed E-state index contributed by atoms with van der Waals surface area (Å²) >= 11 is 0. The minimum Gasteiger partial charge on any atom is -0.391 e. The van der Waals surface area contributed by atoms with Gasteiger partial charge in [-0.25, -0.2) is 0 Å². The van der Waals surface area contributed by atoms with Crippen LogP contribution < -0.4 is 5.32 Å². The van der Waals surface area contributed by atoms with Gasteiger partial charge < -0.3 is 10.4 Å². The minimum atomic E-state index is -0.279. The maximum absolute atomic E-state index is 9.76. The molecule has 0 bridgehead atoms. The Bertz CT molecular complexity index is 286. The molecule has 84 valence electrons. The van der Waals surface area contributed by atoms with Gasteiger partial charge in [0.2, 0.25) is 0 Å². The molecule has 1 aromatic carbocycles. The van der Waals surface area contributed by atoms with Crippen molar-refractivity contribution in [2.24, 2.45) is 0 Å². The summed E-state index contributed by atoms with van der Waals surface area (Å²) in [6, 6.07) is 8.31. The van der Waals surface area contributed by atoms with Crippen LogP contribution >= 0.6 is 0 Å². The molecule has 0 aromatic heterocycles. The highest BCUT2D eigenvalue weighted by Crippen LogP contribution is 2.06. The summed E-state index contributed by atoms with van der Waals surface area (Å²) in [6.45, 7) is 5.86. The lowest BCUT2D eigenvalue weighted by Crippen LogP contribution is -2.28. The molecule has 2 nitrogen and oxygen atoms in total. The second-order valence-corrected chi connectivity index (χ2v) is 4.05. The zero-order chi connectivity index (χ0) is 11.1. The lowest BCUT2D eigenvalue weighted by molar-refractivity contribution is 0.172. The van der Waals surface area contributed by atoms with E-state index in [1.807, 2.05) is 6.07 Å². The molecule has 1 aromatic rings. The molecule has 0 fully saturated rings. The molecule has 1 unspecified atom stereocenters. The second-order valence-electron chi connectivity index (χ2n) is 4.05. The Morgan fingerprint density at radius 1 is 1.40 bits per heavy atom. The standard InChI is InChI=1S/C13H21NO/c1-3-7-14-10-13(15)9-12-6-4-5-11(2)8-12/h4-6,8,13-15H,3,7,9-10H2,1-2H3. The first-order valence-corrected chi connectivity index (χ1v) is 5.66. The zero-order valence-corrected chi connectivity index (χ0v) is 9.66. The summed E-state index contributed by atoms with van der Waals surface area (Å²) in [4.78, 5) is 0. The van der Waals surface area contributed by atoms with Gasteiger partial charge in [-0.05, 0) is 31.9 Å². The van der Waals surface area contributed by atoms with Crippen molar-refractivity contribution in [1.29, 1.82) is 0 Å². The smallest absolute Gasteiger partial charge is 0.0704 e. The average Bonchev–Trinajstić information content (AvgIpc) is 2.18. The molecule has 0 aliphatic rings. The molecule has 15 heavy (non-hydrogen) atoms. The molecule has 0 amide bonds. The van der Waals surface area contributed by atoms with Crippen LogP contribution in [0, 0.1) is 6.92 Å². The Morgan fingerprint density at radius 3 is 2.87 bits per heavy atom. The number of hydrogen-bond acceptors (Lipinski definition) is 2. The molecule has 0 aliphatic carbocycles. The average molecular weight is 207 g/mol. The van der Waals surface area contributed by atoms with Crippen molar-refractivity contribution >= 4 is 0 Å². The number of aliphatic hydroxyl groups is 1. The summed E-state index contributed by atoms with van der Waals surface area (Å²) in [5, 5.41) is 13.0. The van der Waals surface area contributed by atoms with Crippen molar-refractivity contribution in [3.63, 3.8) is 0 Å². The number of hydrogen-bond donors (Lipinski definition) is 2. The number of benzene rings is 1. The van der Waals surface area contributed by atoms with Gasteiger partial charge in [0, 0.05) is 6.54 Å². The second kappa shape index (κ2) is 6.59. The van der Waals surface area contributed by atoms with Crippen molar-refractivity contribution in [3.05, 3.63) is 35.4 Å². The van der Waals surface area contributed by atoms with E-state index >= 15 is 0 Å². The topological polar surface area (TPSA) is 32.3 Å². The maximum atomic E-state index is 9.76. The molecular formula is C13H21NO. The van der Waals surface area contributed by atoms with Gasteiger partial charge in [-0.2, -0.15) is 0 Å². The summed E-state index contributed by atoms with van der Waals surface area (Å²) in [6.07, 6.45) is 1.56. The summed E-state index contributed by atoms with van der Waals surface area (Å²) in [5.74, 6) is 0. The molecule has 0 radical (unpaired) electrons. The van der Waals surface area contributed by atoms with Crippen molar-refractivity contribution in [3.8, 4) is 0 Å². The Morgan fingerprint density at radius 2 is 2.20 bits per heavy atom. The molecule has 0 spiro atoms. The summed E-state index contributed by atoms with van der Waals surface area (Å²) in [5.41, 5.74) is 2.46. The van der Waals surface area contributed by atoms with Crippen LogP contribution in [0.25, 0.3) is 0 Å². The van der Waals surface area contributed by atoms with Crippen LogP contribution in [0.2, 0.25) is 0 Å². The van der Waals surface area contributed by atoms with Crippen molar-refractivity contribution in [1.82, 2.24) is 5.32 Å². The monoisotopic (exact) mass is 207 g/mol. The highest BCUT2D eigenvalue weighted by molar-refractivity contribution is 5.22. The highest BCUT2D eigenvalue weighted by atomic mass is 16.3. The van der Waals surface area contributed by atoms with Crippen molar-refractivity contribution in [2.75, 3.05) is 13.1 Å². The van der Waals surface area contributed by atoms with Gasteiger partial charge >= 0.3 is 0 Å². The lowest BCUT2D eigenvalue weighted by atomic mass is 10.1. The quantitative estimate of drug-likeness (QED) is 0.698. The molecule has 0 aliphatic heterocycles. The third-order valence-electron chi connectivity index (χ3n) is 2.36. The van der Waals surface area contributed by atoms with E-state index in [2.05, 4.69) is 37.4 Å². The Labute approximate surface area is 92.3 Å². The lowest BCUT2D eigenvalue weighted by Gasteiger charge is -2.11. The fourth-order valence-corrected chi connectivity index (χ4v) is 1.63. The van der Waals surface area contributed by atoms with E-state index in [0.717, 1.165) is 19.4 Å². The maximum Gasteiger partial charge on any atom is 0.0704 e. The Balaban J connectivity index is 2.34. The molecule has 2 N–H and O–H groups in total. The van der Waals surface area contributed by atoms with Crippen LogP contribution in [-0.2, 0) is 6.42 Å². The first-order valence-electron chi connectivity index (χ1n) is 5.66. The molecule has 0 heterocycles. The van der Waals surface area contributed by atoms with Crippen LogP contribution in [-0.4, -0.2) is 24.3 Å². The first kappa shape index (κ1) is 12.2. The van der Waals surface area contributed by atoms with E-state index in [1.54, 1.807) is 0 Å². The Hall–Kier alpha value is -0.860. The van der Waals surface area contributed by atoms with E-state index in [0.29, 0.717) is 6.54 Å². The SMILES string of the molecule is CCCNCC(O)Cc1cccc(C)c1. The zero-order valence-electron chi connectivity index (χ0n) is 9.66. The molecular weight excluding hydrogens is 186 g/mol. The van der Waals surface area contributed by atoms with Gasteiger partial charge in [0.15, 0.2) is 0 Å². The molecule has 1 atom stereocenters. The number of nitrogens with one attached hydrogen (secondary N) is 1. The highest BCUT2D eigenvalue weighted by Gasteiger charge is 2.04. The van der Waals surface area contributed by atoms with Crippen LogP contribution in [0.4, 0.5) is 0 Å². The third kappa shape index (κ3) is 4.96. The predicted octanol–water partition coefficient (Wildman–Crippen LogP) is 1.90.